The Morgan fingerprint density at radius 2 is 1.91 bits per heavy atom. The third-order valence-electron chi connectivity index (χ3n) is 3.18. The third-order valence-corrected chi connectivity index (χ3v) is 3.18. The molecule has 0 saturated heterocycles. The van der Waals surface area contributed by atoms with Crippen molar-refractivity contribution in [3.05, 3.63) is 59.4 Å². The van der Waals surface area contributed by atoms with E-state index in [0.29, 0.717) is 13.1 Å². The molecule has 0 bridgehead atoms. The van der Waals surface area contributed by atoms with Gasteiger partial charge in [0.1, 0.15) is 12.4 Å². The number of nitrogens with one attached hydrogen (secondary N) is 1. The van der Waals surface area contributed by atoms with Gasteiger partial charge in [-0.1, -0.05) is 24.3 Å². The molecule has 5 heteroatoms. The van der Waals surface area contributed by atoms with Crippen LogP contribution < -0.4 is 14.8 Å². The van der Waals surface area contributed by atoms with Gasteiger partial charge in [-0.3, -0.25) is 0 Å². The summed E-state index contributed by atoms with van der Waals surface area (Å²) < 4.78 is 24.0. The highest BCUT2D eigenvalue weighted by atomic mass is 19.1. The van der Waals surface area contributed by atoms with Crippen LogP contribution in [0, 0.1) is 5.82 Å². The second-order valence-electron chi connectivity index (χ2n) is 4.75. The molecule has 0 atom stereocenters. The van der Waals surface area contributed by atoms with Gasteiger partial charge in [-0.25, -0.2) is 4.39 Å². The Hall–Kier alpha value is -2.11. The van der Waals surface area contributed by atoms with Crippen molar-refractivity contribution in [2.75, 3.05) is 20.3 Å². The Labute approximate surface area is 129 Å². The first-order valence-electron chi connectivity index (χ1n) is 7.09. The number of hydrogen-bond donors (Lipinski definition) is 2. The smallest absolute Gasteiger partial charge is 0.165 e. The predicted octanol–water partition coefficient (Wildman–Crippen LogP) is 2.50. The molecule has 0 heterocycles. The van der Waals surface area contributed by atoms with Crippen molar-refractivity contribution in [2.24, 2.45) is 0 Å². The van der Waals surface area contributed by atoms with Crippen LogP contribution in [0.25, 0.3) is 0 Å². The number of ether oxygens (including phenoxy) is 2. The van der Waals surface area contributed by atoms with E-state index in [0.717, 1.165) is 16.9 Å². The maximum atomic E-state index is 13.6. The highest BCUT2D eigenvalue weighted by Gasteiger charge is 2.05. The number of hydrogen-bond acceptors (Lipinski definition) is 4. The lowest BCUT2D eigenvalue weighted by Gasteiger charge is -2.12. The molecule has 0 radical (unpaired) electrons. The maximum absolute atomic E-state index is 13.6. The molecule has 2 N–H and O–H groups in total. The lowest BCUT2D eigenvalue weighted by atomic mass is 10.1. The molecule has 2 aromatic rings. The Kier molecular flexibility index (Phi) is 6.18. The number of aliphatic hydroxyl groups excluding tert-OH is 1. The van der Waals surface area contributed by atoms with Gasteiger partial charge in [-0.15, -0.1) is 0 Å². The molecule has 0 aliphatic carbocycles. The molecule has 0 spiro atoms. The largest absolute Gasteiger partial charge is 0.494 e. The van der Waals surface area contributed by atoms with E-state index in [9.17, 15) is 4.39 Å². The monoisotopic (exact) mass is 305 g/mol. The summed E-state index contributed by atoms with van der Waals surface area (Å²) in [4.78, 5) is 0. The summed E-state index contributed by atoms with van der Waals surface area (Å²) in [6.45, 7) is 1.37. The highest BCUT2D eigenvalue weighted by Crippen LogP contribution is 2.19. The zero-order chi connectivity index (χ0) is 15.8. The Balaban J connectivity index is 1.92. The van der Waals surface area contributed by atoms with Crippen LogP contribution in [0.4, 0.5) is 4.39 Å². The predicted molar refractivity (Wildman–Crippen MR) is 82.5 cm³/mol. The summed E-state index contributed by atoms with van der Waals surface area (Å²) in [7, 11) is 1.44. The minimum Gasteiger partial charge on any atom is -0.494 e. The van der Waals surface area contributed by atoms with Crippen molar-refractivity contribution in [2.45, 2.75) is 13.1 Å². The van der Waals surface area contributed by atoms with E-state index >= 15 is 0 Å². The fraction of sp³-hybridized carbons (Fsp3) is 0.294. The standard InChI is InChI=1S/C17H20FNO3/c1-21-17-7-6-13(10-15(17)18)11-19-12-14-4-2-3-5-16(14)22-9-8-20/h2-7,10,19-20H,8-9,11-12H2,1H3. The van der Waals surface area contributed by atoms with Crippen molar-refractivity contribution in [3.8, 4) is 11.5 Å². The average Bonchev–Trinajstić information content (AvgIpc) is 2.54. The summed E-state index contributed by atoms with van der Waals surface area (Å²) in [6, 6.07) is 12.5. The third kappa shape index (κ3) is 4.44. The van der Waals surface area contributed by atoms with Gasteiger partial charge in [0.25, 0.3) is 0 Å². The van der Waals surface area contributed by atoms with Gasteiger partial charge in [0.05, 0.1) is 13.7 Å². The van der Waals surface area contributed by atoms with E-state index in [1.54, 1.807) is 6.07 Å². The Morgan fingerprint density at radius 3 is 2.64 bits per heavy atom. The lowest BCUT2D eigenvalue weighted by molar-refractivity contribution is 0.200. The van der Waals surface area contributed by atoms with Crippen molar-refractivity contribution in [1.82, 2.24) is 5.32 Å². The van der Waals surface area contributed by atoms with Crippen LogP contribution in [0.5, 0.6) is 11.5 Å². The van der Waals surface area contributed by atoms with Crippen LogP contribution in [0.1, 0.15) is 11.1 Å². The number of benzene rings is 2. The molecule has 0 unspecified atom stereocenters. The number of halogens is 1. The maximum Gasteiger partial charge on any atom is 0.165 e. The van der Waals surface area contributed by atoms with E-state index in [1.165, 1.54) is 13.2 Å². The first-order valence-corrected chi connectivity index (χ1v) is 7.09. The van der Waals surface area contributed by atoms with Crippen LogP contribution >= 0.6 is 0 Å². The second-order valence-corrected chi connectivity index (χ2v) is 4.75. The van der Waals surface area contributed by atoms with E-state index in [2.05, 4.69) is 5.32 Å². The lowest BCUT2D eigenvalue weighted by Crippen LogP contribution is -2.14. The fourth-order valence-corrected chi connectivity index (χ4v) is 2.11. The summed E-state index contributed by atoms with van der Waals surface area (Å²) in [6.07, 6.45) is 0. The van der Waals surface area contributed by atoms with Crippen molar-refractivity contribution in [1.29, 1.82) is 0 Å². The summed E-state index contributed by atoms with van der Waals surface area (Å²) in [5.41, 5.74) is 1.83. The second kappa shape index (κ2) is 8.36. The molecule has 0 amide bonds. The first kappa shape index (κ1) is 16.3. The fourth-order valence-electron chi connectivity index (χ4n) is 2.11. The van der Waals surface area contributed by atoms with E-state index in [4.69, 9.17) is 14.6 Å². The summed E-state index contributed by atoms with van der Waals surface area (Å²) in [5.74, 6) is 0.616. The minimum absolute atomic E-state index is 0.0209. The molecule has 2 rings (SSSR count). The molecule has 118 valence electrons. The molecule has 22 heavy (non-hydrogen) atoms. The Morgan fingerprint density at radius 1 is 1.09 bits per heavy atom. The number of para-hydroxylation sites is 1. The molecular weight excluding hydrogens is 285 g/mol. The van der Waals surface area contributed by atoms with Gasteiger partial charge in [-0.2, -0.15) is 0 Å². The highest BCUT2D eigenvalue weighted by molar-refractivity contribution is 5.33. The number of aliphatic hydroxyl groups is 1. The number of methoxy groups -OCH3 is 1. The number of rotatable bonds is 8. The van der Waals surface area contributed by atoms with Crippen LogP contribution in [0.3, 0.4) is 0 Å². The van der Waals surface area contributed by atoms with Crippen LogP contribution in [-0.2, 0) is 13.1 Å². The van der Waals surface area contributed by atoms with Crippen molar-refractivity contribution in [3.63, 3.8) is 0 Å². The molecule has 4 nitrogen and oxygen atoms in total. The van der Waals surface area contributed by atoms with Gasteiger partial charge in [0.2, 0.25) is 0 Å². The van der Waals surface area contributed by atoms with Crippen molar-refractivity contribution < 1.29 is 19.0 Å². The molecule has 0 saturated carbocycles. The molecule has 0 fully saturated rings. The van der Waals surface area contributed by atoms with Gasteiger partial charge in [-0.05, 0) is 23.8 Å². The van der Waals surface area contributed by atoms with Crippen LogP contribution in [0.15, 0.2) is 42.5 Å². The zero-order valence-electron chi connectivity index (χ0n) is 12.5. The van der Waals surface area contributed by atoms with E-state index < -0.39 is 0 Å². The quantitative estimate of drug-likeness (QED) is 0.787. The molecule has 0 aliphatic heterocycles. The topological polar surface area (TPSA) is 50.7 Å². The van der Waals surface area contributed by atoms with Gasteiger partial charge in [0, 0.05) is 18.7 Å². The Bertz CT molecular complexity index is 604. The SMILES string of the molecule is COc1ccc(CNCc2ccccc2OCCO)cc1F. The van der Waals surface area contributed by atoms with E-state index in [-0.39, 0.29) is 24.8 Å². The van der Waals surface area contributed by atoms with Gasteiger partial charge >= 0.3 is 0 Å². The summed E-state index contributed by atoms with van der Waals surface area (Å²) in [5, 5.41) is 12.1. The van der Waals surface area contributed by atoms with Gasteiger partial charge in [0.15, 0.2) is 11.6 Å². The van der Waals surface area contributed by atoms with Crippen LogP contribution in [0.2, 0.25) is 0 Å². The molecule has 0 aliphatic rings. The zero-order valence-corrected chi connectivity index (χ0v) is 12.5. The van der Waals surface area contributed by atoms with Gasteiger partial charge < -0.3 is 19.9 Å². The van der Waals surface area contributed by atoms with Crippen LogP contribution in [-0.4, -0.2) is 25.4 Å². The molecule has 0 aromatic heterocycles. The normalized spacial score (nSPS) is 10.5. The van der Waals surface area contributed by atoms with E-state index in [1.807, 2.05) is 30.3 Å². The minimum atomic E-state index is -0.367. The molecular formula is C17H20FNO3. The summed E-state index contributed by atoms with van der Waals surface area (Å²) >= 11 is 0. The first-order chi connectivity index (χ1) is 10.7. The average molecular weight is 305 g/mol. The van der Waals surface area contributed by atoms with Crippen molar-refractivity contribution >= 4 is 0 Å². The molecule has 2 aromatic carbocycles.